The van der Waals surface area contributed by atoms with Gasteiger partial charge in [0.1, 0.15) is 18.1 Å². The van der Waals surface area contributed by atoms with Gasteiger partial charge < -0.3 is 19.5 Å². The van der Waals surface area contributed by atoms with E-state index in [0.717, 1.165) is 17.5 Å². The molecule has 0 aliphatic carbocycles. The fraction of sp³-hybridized carbons (Fsp3) is 0.308. The van der Waals surface area contributed by atoms with Crippen LogP contribution < -0.4 is 4.74 Å². The first-order chi connectivity index (χ1) is 15.5. The number of methoxy groups -OCH3 is 1. The SMILES string of the molecule is C=CCOc1ccc(/C(O)=C2/C(=O)C(=O)N(CCCOC)C2c2ccc(CC)cc2)cc1. The summed E-state index contributed by atoms with van der Waals surface area (Å²) in [6.07, 6.45) is 3.11. The Bertz CT molecular complexity index is 992. The monoisotopic (exact) mass is 435 g/mol. The molecule has 1 atom stereocenters. The standard InChI is InChI=1S/C26H29NO5/c1-4-16-32-21-13-11-20(12-14-21)24(28)22-23(19-9-7-18(5-2)8-10-19)27(15-6-17-31-3)26(30)25(22)29/h4,7-14,23,28H,1,5-6,15-17H2,2-3H3/b24-22-. The summed E-state index contributed by atoms with van der Waals surface area (Å²) in [5, 5.41) is 11.1. The second-order valence-corrected chi connectivity index (χ2v) is 7.56. The molecule has 0 saturated carbocycles. The van der Waals surface area contributed by atoms with Crippen LogP contribution in [0.2, 0.25) is 0 Å². The molecular formula is C26H29NO5. The van der Waals surface area contributed by atoms with E-state index < -0.39 is 17.7 Å². The molecule has 2 aromatic rings. The van der Waals surface area contributed by atoms with Gasteiger partial charge in [-0.25, -0.2) is 0 Å². The zero-order chi connectivity index (χ0) is 23.1. The zero-order valence-corrected chi connectivity index (χ0v) is 18.5. The molecule has 0 spiro atoms. The number of ether oxygens (including phenoxy) is 2. The van der Waals surface area contributed by atoms with Crippen molar-refractivity contribution in [2.24, 2.45) is 0 Å². The molecule has 1 fully saturated rings. The van der Waals surface area contributed by atoms with Gasteiger partial charge in [0.25, 0.3) is 11.7 Å². The number of rotatable bonds is 10. The number of benzene rings is 2. The Morgan fingerprint density at radius 1 is 1.12 bits per heavy atom. The summed E-state index contributed by atoms with van der Waals surface area (Å²) in [4.78, 5) is 27.4. The molecule has 6 nitrogen and oxygen atoms in total. The number of hydrogen-bond donors (Lipinski definition) is 1. The lowest BCUT2D eigenvalue weighted by Gasteiger charge is -2.25. The van der Waals surface area contributed by atoms with Crippen molar-refractivity contribution in [1.29, 1.82) is 0 Å². The summed E-state index contributed by atoms with van der Waals surface area (Å²) in [5.74, 6) is -0.875. The predicted octanol–water partition coefficient (Wildman–Crippen LogP) is 4.27. The van der Waals surface area contributed by atoms with Crippen molar-refractivity contribution in [3.8, 4) is 5.75 Å². The lowest BCUT2D eigenvalue weighted by atomic mass is 9.94. The van der Waals surface area contributed by atoms with Crippen molar-refractivity contribution in [3.05, 3.63) is 83.4 Å². The molecule has 168 valence electrons. The molecule has 3 rings (SSSR count). The molecule has 0 bridgehead atoms. The van der Waals surface area contributed by atoms with Crippen molar-refractivity contribution in [3.63, 3.8) is 0 Å². The normalized spacial score (nSPS) is 17.6. The van der Waals surface area contributed by atoms with Gasteiger partial charge in [0.2, 0.25) is 0 Å². The molecule has 1 heterocycles. The van der Waals surface area contributed by atoms with Crippen LogP contribution in [0, 0.1) is 0 Å². The average molecular weight is 436 g/mol. The summed E-state index contributed by atoms with van der Waals surface area (Å²) < 4.78 is 10.6. The Labute approximate surface area is 188 Å². The van der Waals surface area contributed by atoms with Crippen LogP contribution in [0.25, 0.3) is 5.76 Å². The van der Waals surface area contributed by atoms with Crippen LogP contribution in [-0.2, 0) is 20.7 Å². The third-order valence-corrected chi connectivity index (χ3v) is 5.49. The van der Waals surface area contributed by atoms with Gasteiger partial charge in [-0.05, 0) is 48.2 Å². The summed E-state index contributed by atoms with van der Waals surface area (Å²) in [7, 11) is 1.59. The molecule has 0 radical (unpaired) electrons. The second kappa shape index (κ2) is 10.8. The predicted molar refractivity (Wildman–Crippen MR) is 123 cm³/mol. The molecule has 32 heavy (non-hydrogen) atoms. The highest BCUT2D eigenvalue weighted by atomic mass is 16.5. The lowest BCUT2D eigenvalue weighted by Crippen LogP contribution is -2.31. The van der Waals surface area contributed by atoms with E-state index in [1.54, 1.807) is 37.5 Å². The van der Waals surface area contributed by atoms with E-state index in [2.05, 4.69) is 13.5 Å². The van der Waals surface area contributed by atoms with E-state index in [4.69, 9.17) is 9.47 Å². The fourth-order valence-corrected chi connectivity index (χ4v) is 3.79. The molecule has 1 aliphatic heterocycles. The maximum Gasteiger partial charge on any atom is 0.295 e. The number of aliphatic hydroxyl groups is 1. The van der Waals surface area contributed by atoms with Crippen LogP contribution in [0.1, 0.15) is 36.1 Å². The number of nitrogens with zero attached hydrogens (tertiary/aromatic N) is 1. The van der Waals surface area contributed by atoms with Gasteiger partial charge in [-0.2, -0.15) is 0 Å². The van der Waals surface area contributed by atoms with Crippen LogP contribution in [0.4, 0.5) is 0 Å². The number of carbonyl (C=O) groups is 2. The number of likely N-dealkylation sites (tertiary alicyclic amines) is 1. The Kier molecular flexibility index (Phi) is 7.84. The minimum Gasteiger partial charge on any atom is -0.507 e. The van der Waals surface area contributed by atoms with Gasteiger partial charge in [0.05, 0.1) is 11.6 Å². The van der Waals surface area contributed by atoms with E-state index in [1.165, 1.54) is 4.90 Å². The number of aryl methyl sites for hydroxylation is 1. The second-order valence-electron chi connectivity index (χ2n) is 7.56. The minimum absolute atomic E-state index is 0.0939. The Hall–Kier alpha value is -3.38. The number of aliphatic hydroxyl groups excluding tert-OH is 1. The maximum atomic E-state index is 13.0. The van der Waals surface area contributed by atoms with E-state index >= 15 is 0 Å². The van der Waals surface area contributed by atoms with Gasteiger partial charge in [0.15, 0.2) is 0 Å². The Morgan fingerprint density at radius 3 is 2.41 bits per heavy atom. The lowest BCUT2D eigenvalue weighted by molar-refractivity contribution is -0.140. The maximum absolute atomic E-state index is 13.0. The van der Waals surface area contributed by atoms with Crippen LogP contribution in [0.3, 0.4) is 0 Å². The molecule has 1 amide bonds. The highest BCUT2D eigenvalue weighted by molar-refractivity contribution is 6.46. The van der Waals surface area contributed by atoms with E-state index in [1.807, 2.05) is 24.3 Å². The van der Waals surface area contributed by atoms with Gasteiger partial charge >= 0.3 is 0 Å². The first kappa shape index (κ1) is 23.3. The van der Waals surface area contributed by atoms with E-state index in [9.17, 15) is 14.7 Å². The summed E-state index contributed by atoms with van der Waals surface area (Å²) in [5.41, 5.74) is 2.48. The quantitative estimate of drug-likeness (QED) is 0.198. The third kappa shape index (κ3) is 4.92. The molecular weight excluding hydrogens is 406 g/mol. The number of carbonyl (C=O) groups excluding carboxylic acids is 2. The topological polar surface area (TPSA) is 76.1 Å². The molecule has 2 aromatic carbocycles. The van der Waals surface area contributed by atoms with Crippen molar-refractivity contribution in [2.75, 3.05) is 26.9 Å². The van der Waals surface area contributed by atoms with Gasteiger partial charge in [-0.1, -0.05) is 43.8 Å². The summed E-state index contributed by atoms with van der Waals surface area (Å²) >= 11 is 0. The smallest absolute Gasteiger partial charge is 0.295 e. The number of ketones is 1. The molecule has 1 aliphatic rings. The molecule has 1 unspecified atom stereocenters. The molecule has 1 saturated heterocycles. The first-order valence-electron chi connectivity index (χ1n) is 10.7. The molecule has 0 aromatic heterocycles. The van der Waals surface area contributed by atoms with Crippen molar-refractivity contribution in [1.82, 2.24) is 4.90 Å². The Balaban J connectivity index is 2.03. The fourth-order valence-electron chi connectivity index (χ4n) is 3.79. The highest BCUT2D eigenvalue weighted by Crippen LogP contribution is 2.39. The number of amides is 1. The number of hydrogen-bond acceptors (Lipinski definition) is 5. The highest BCUT2D eigenvalue weighted by Gasteiger charge is 2.45. The third-order valence-electron chi connectivity index (χ3n) is 5.49. The van der Waals surface area contributed by atoms with Crippen LogP contribution >= 0.6 is 0 Å². The largest absolute Gasteiger partial charge is 0.507 e. The van der Waals surface area contributed by atoms with E-state index in [0.29, 0.717) is 37.5 Å². The first-order valence-corrected chi connectivity index (χ1v) is 10.7. The van der Waals surface area contributed by atoms with Gasteiger partial charge in [0, 0.05) is 25.8 Å². The van der Waals surface area contributed by atoms with Crippen LogP contribution in [-0.4, -0.2) is 48.6 Å². The van der Waals surface area contributed by atoms with Crippen molar-refractivity contribution < 1.29 is 24.2 Å². The van der Waals surface area contributed by atoms with E-state index in [-0.39, 0.29) is 11.3 Å². The molecule has 6 heteroatoms. The number of Topliss-reactive ketones (excluding diaryl/α,β-unsaturated/α-hetero) is 1. The van der Waals surface area contributed by atoms with Crippen LogP contribution in [0.5, 0.6) is 5.75 Å². The zero-order valence-electron chi connectivity index (χ0n) is 18.5. The molecule has 1 N–H and O–H groups in total. The van der Waals surface area contributed by atoms with Crippen LogP contribution in [0.15, 0.2) is 66.8 Å². The summed E-state index contributed by atoms with van der Waals surface area (Å²) in [6, 6.07) is 13.9. The van der Waals surface area contributed by atoms with Gasteiger partial charge in [-0.3, -0.25) is 9.59 Å². The average Bonchev–Trinajstić information content (AvgIpc) is 3.08. The minimum atomic E-state index is -0.684. The Morgan fingerprint density at radius 2 is 1.81 bits per heavy atom. The summed E-state index contributed by atoms with van der Waals surface area (Å²) in [6.45, 7) is 6.87. The van der Waals surface area contributed by atoms with Gasteiger partial charge in [-0.15, -0.1) is 0 Å². The van der Waals surface area contributed by atoms with Crippen molar-refractivity contribution in [2.45, 2.75) is 25.8 Å². The van der Waals surface area contributed by atoms with Crippen molar-refractivity contribution >= 4 is 17.4 Å².